The van der Waals surface area contributed by atoms with Gasteiger partial charge in [-0.2, -0.15) is 0 Å². The second-order valence-corrected chi connectivity index (χ2v) is 8.06. The van der Waals surface area contributed by atoms with Gasteiger partial charge in [0.2, 0.25) is 0 Å². The van der Waals surface area contributed by atoms with Crippen LogP contribution < -0.4 is 0 Å². The molecule has 3 aliphatic heterocycles. The predicted octanol–water partition coefficient (Wildman–Crippen LogP) is 1.68. The second kappa shape index (κ2) is 8.17. The van der Waals surface area contributed by atoms with E-state index in [2.05, 4.69) is 47.2 Å². The lowest BCUT2D eigenvalue weighted by Crippen LogP contribution is -2.61. The number of carbonyl (C=O) groups excluding carboxylic acids is 1. The fraction of sp³-hybridized carbons (Fsp3) is 0.667. The first-order valence-corrected chi connectivity index (χ1v) is 10.3. The summed E-state index contributed by atoms with van der Waals surface area (Å²) in [4.78, 5) is 21.9. The molecular formula is C21H32N4O2. The van der Waals surface area contributed by atoms with Crippen LogP contribution in [0.1, 0.15) is 18.4 Å². The number of hydrogen-bond donors (Lipinski definition) is 0. The average Bonchev–Trinajstić information content (AvgIpc) is 2.75. The van der Waals surface area contributed by atoms with Gasteiger partial charge in [-0.1, -0.05) is 30.3 Å². The van der Waals surface area contributed by atoms with Gasteiger partial charge >= 0.3 is 6.03 Å². The van der Waals surface area contributed by atoms with Gasteiger partial charge in [-0.3, -0.25) is 4.90 Å². The molecule has 6 nitrogen and oxygen atoms in total. The van der Waals surface area contributed by atoms with Crippen LogP contribution >= 0.6 is 0 Å². The molecule has 1 aromatic rings. The Labute approximate surface area is 162 Å². The summed E-state index contributed by atoms with van der Waals surface area (Å²) in [6.45, 7) is 8.57. The van der Waals surface area contributed by atoms with Crippen molar-refractivity contribution in [1.82, 2.24) is 19.6 Å². The summed E-state index contributed by atoms with van der Waals surface area (Å²) in [6, 6.07) is 11.2. The highest BCUT2D eigenvalue weighted by Crippen LogP contribution is 2.39. The summed E-state index contributed by atoms with van der Waals surface area (Å²) in [5.41, 5.74) is 1.55. The normalized spacial score (nSPS) is 24.8. The van der Waals surface area contributed by atoms with E-state index in [1.54, 1.807) is 0 Å². The van der Waals surface area contributed by atoms with E-state index < -0.39 is 0 Å². The summed E-state index contributed by atoms with van der Waals surface area (Å²) in [6.07, 6.45) is 2.32. The van der Waals surface area contributed by atoms with Crippen LogP contribution in [0.3, 0.4) is 0 Å². The number of benzene rings is 1. The first-order chi connectivity index (χ1) is 13.2. The number of piperidine rings is 1. The Kier molecular flexibility index (Phi) is 5.66. The molecule has 0 spiro atoms. The zero-order valence-corrected chi connectivity index (χ0v) is 16.5. The molecule has 3 aliphatic rings. The molecule has 0 unspecified atom stereocenters. The van der Waals surface area contributed by atoms with Crippen molar-refractivity contribution in [3.8, 4) is 0 Å². The number of ether oxygens (including phenoxy) is 1. The van der Waals surface area contributed by atoms with Gasteiger partial charge in [0.15, 0.2) is 0 Å². The van der Waals surface area contributed by atoms with E-state index in [0.717, 1.165) is 65.2 Å². The fourth-order valence-electron chi connectivity index (χ4n) is 4.80. The smallest absolute Gasteiger partial charge is 0.320 e. The molecule has 148 valence electrons. The van der Waals surface area contributed by atoms with Crippen molar-refractivity contribution in [3.63, 3.8) is 0 Å². The number of amides is 2. The van der Waals surface area contributed by atoms with E-state index >= 15 is 0 Å². The third kappa shape index (κ3) is 3.84. The summed E-state index contributed by atoms with van der Waals surface area (Å²) >= 11 is 0. The Bertz CT molecular complexity index is 616. The summed E-state index contributed by atoms with van der Waals surface area (Å²) in [5, 5.41) is 0. The first-order valence-electron chi connectivity index (χ1n) is 10.3. The zero-order chi connectivity index (χ0) is 18.7. The van der Waals surface area contributed by atoms with Crippen molar-refractivity contribution in [2.45, 2.75) is 18.4 Å². The Morgan fingerprint density at radius 2 is 1.44 bits per heavy atom. The molecular weight excluding hydrogens is 340 g/mol. The van der Waals surface area contributed by atoms with Gasteiger partial charge in [-0.05, 0) is 38.5 Å². The first kappa shape index (κ1) is 18.7. The molecule has 0 radical (unpaired) electrons. The van der Waals surface area contributed by atoms with E-state index in [9.17, 15) is 4.79 Å². The van der Waals surface area contributed by atoms with E-state index in [-0.39, 0.29) is 11.6 Å². The number of morpholine rings is 1. The van der Waals surface area contributed by atoms with Crippen molar-refractivity contribution in [1.29, 1.82) is 0 Å². The standard InChI is InChI=1S/C21H32N4O2/c1-22-9-7-21(8-10-22,19-5-3-2-4-6-19)25-13-11-23(12-14-25)20(26)24-15-17-27-18-16-24/h2-6H,7-18H2,1H3. The third-order valence-corrected chi connectivity index (χ3v) is 6.56. The number of urea groups is 1. The highest BCUT2D eigenvalue weighted by Gasteiger charge is 2.42. The Morgan fingerprint density at radius 1 is 0.852 bits per heavy atom. The molecule has 3 saturated heterocycles. The summed E-state index contributed by atoms with van der Waals surface area (Å²) < 4.78 is 5.38. The number of likely N-dealkylation sites (tertiary alicyclic amines) is 1. The largest absolute Gasteiger partial charge is 0.378 e. The van der Waals surface area contributed by atoms with Crippen molar-refractivity contribution < 1.29 is 9.53 Å². The van der Waals surface area contributed by atoms with Gasteiger partial charge in [-0.25, -0.2) is 4.79 Å². The van der Waals surface area contributed by atoms with Crippen LogP contribution in [0, 0.1) is 0 Å². The van der Waals surface area contributed by atoms with Gasteiger partial charge in [0.1, 0.15) is 0 Å². The minimum atomic E-state index is 0.113. The minimum absolute atomic E-state index is 0.113. The molecule has 27 heavy (non-hydrogen) atoms. The van der Waals surface area contributed by atoms with Crippen LogP contribution in [0.5, 0.6) is 0 Å². The molecule has 0 atom stereocenters. The van der Waals surface area contributed by atoms with Crippen LogP contribution in [0.25, 0.3) is 0 Å². The zero-order valence-electron chi connectivity index (χ0n) is 16.5. The summed E-state index contributed by atoms with van der Waals surface area (Å²) in [5.74, 6) is 0. The molecule has 2 amide bonds. The Hall–Kier alpha value is -1.63. The van der Waals surface area contributed by atoms with E-state index in [1.807, 2.05) is 9.80 Å². The number of carbonyl (C=O) groups is 1. The van der Waals surface area contributed by atoms with E-state index in [4.69, 9.17) is 4.74 Å². The van der Waals surface area contributed by atoms with Crippen molar-refractivity contribution >= 4 is 6.03 Å². The van der Waals surface area contributed by atoms with Crippen molar-refractivity contribution in [2.75, 3.05) is 72.6 Å². The van der Waals surface area contributed by atoms with Gasteiger partial charge in [0.05, 0.1) is 13.2 Å². The lowest BCUT2D eigenvalue weighted by atomic mass is 9.79. The lowest BCUT2D eigenvalue weighted by molar-refractivity contribution is -0.0102. The van der Waals surface area contributed by atoms with Crippen LogP contribution in [0.4, 0.5) is 4.79 Å². The number of rotatable bonds is 2. The van der Waals surface area contributed by atoms with Gasteiger partial charge in [0.25, 0.3) is 0 Å². The predicted molar refractivity (Wildman–Crippen MR) is 106 cm³/mol. The quantitative estimate of drug-likeness (QED) is 0.792. The monoisotopic (exact) mass is 372 g/mol. The molecule has 1 aromatic carbocycles. The Balaban J connectivity index is 1.45. The topological polar surface area (TPSA) is 39.3 Å². The van der Waals surface area contributed by atoms with E-state index in [1.165, 1.54) is 5.56 Å². The maximum absolute atomic E-state index is 12.8. The molecule has 6 heteroatoms. The third-order valence-electron chi connectivity index (χ3n) is 6.56. The molecule has 3 fully saturated rings. The average molecular weight is 373 g/mol. The van der Waals surface area contributed by atoms with E-state index in [0.29, 0.717) is 13.2 Å². The number of piperazine rings is 1. The number of nitrogens with zero attached hydrogens (tertiary/aromatic N) is 4. The molecule has 0 aliphatic carbocycles. The highest BCUT2D eigenvalue weighted by atomic mass is 16.5. The van der Waals surface area contributed by atoms with Crippen LogP contribution in [0.2, 0.25) is 0 Å². The van der Waals surface area contributed by atoms with Gasteiger partial charge < -0.3 is 19.4 Å². The molecule has 0 bridgehead atoms. The summed E-state index contributed by atoms with van der Waals surface area (Å²) in [7, 11) is 2.22. The van der Waals surface area contributed by atoms with Crippen LogP contribution in [-0.4, -0.2) is 98.3 Å². The lowest BCUT2D eigenvalue weighted by Gasteiger charge is -2.51. The fourth-order valence-corrected chi connectivity index (χ4v) is 4.80. The van der Waals surface area contributed by atoms with Gasteiger partial charge in [0, 0.05) is 44.8 Å². The SMILES string of the molecule is CN1CCC(c2ccccc2)(N2CCN(C(=O)N3CCOCC3)CC2)CC1. The molecule has 3 heterocycles. The highest BCUT2D eigenvalue weighted by molar-refractivity contribution is 5.74. The van der Waals surface area contributed by atoms with Crippen LogP contribution in [-0.2, 0) is 10.3 Å². The van der Waals surface area contributed by atoms with Crippen molar-refractivity contribution in [2.24, 2.45) is 0 Å². The maximum Gasteiger partial charge on any atom is 0.320 e. The molecule has 0 saturated carbocycles. The number of hydrogen-bond acceptors (Lipinski definition) is 4. The Morgan fingerprint density at radius 3 is 2.07 bits per heavy atom. The molecule has 0 N–H and O–H groups in total. The molecule has 0 aromatic heterocycles. The van der Waals surface area contributed by atoms with Crippen LogP contribution in [0.15, 0.2) is 30.3 Å². The van der Waals surface area contributed by atoms with Crippen molar-refractivity contribution in [3.05, 3.63) is 35.9 Å². The second-order valence-electron chi connectivity index (χ2n) is 8.06. The van der Waals surface area contributed by atoms with Gasteiger partial charge in [-0.15, -0.1) is 0 Å². The molecule has 4 rings (SSSR count). The minimum Gasteiger partial charge on any atom is -0.378 e. The maximum atomic E-state index is 12.8.